The van der Waals surface area contributed by atoms with Crippen LogP contribution in [-0.2, 0) is 4.79 Å². The van der Waals surface area contributed by atoms with Crippen LogP contribution in [-0.4, -0.2) is 22.3 Å². The lowest BCUT2D eigenvalue weighted by atomic mass is 10.1. The molecule has 1 aliphatic heterocycles. The monoisotopic (exact) mass is 193 g/mol. The normalized spacial score (nSPS) is 17.2. The van der Waals surface area contributed by atoms with Crippen molar-refractivity contribution in [2.75, 3.05) is 0 Å². The number of hydrogen-bond donors (Lipinski definition) is 1. The van der Waals surface area contributed by atoms with E-state index >= 15 is 0 Å². The van der Waals surface area contributed by atoms with Gasteiger partial charge in [0.25, 0.3) is 0 Å². The van der Waals surface area contributed by atoms with Crippen LogP contribution in [0.3, 0.4) is 0 Å². The quantitative estimate of drug-likeness (QED) is 0.644. The predicted octanol–water partition coefficient (Wildman–Crippen LogP) is 1.69. The number of carboxylic acids is 1. The molecule has 0 aromatic heterocycles. The third-order valence-electron chi connectivity index (χ3n) is 1.47. The van der Waals surface area contributed by atoms with Crippen molar-refractivity contribution in [1.82, 2.24) is 4.90 Å². The van der Waals surface area contributed by atoms with E-state index in [1.54, 1.807) is 0 Å². The van der Waals surface area contributed by atoms with Gasteiger partial charge in [0.15, 0.2) is 0 Å². The summed E-state index contributed by atoms with van der Waals surface area (Å²) in [5, 5.41) is 8.43. The van der Waals surface area contributed by atoms with E-state index in [0.717, 1.165) is 12.3 Å². The largest absolute Gasteiger partial charge is 0.488 e. The topological polar surface area (TPSA) is 40.5 Å². The van der Waals surface area contributed by atoms with Crippen LogP contribution < -0.4 is 0 Å². The highest BCUT2D eigenvalue weighted by molar-refractivity contribution is 5.87. The lowest BCUT2D eigenvalue weighted by Gasteiger charge is -2.22. The first-order valence-electron chi connectivity index (χ1n) is 3.37. The van der Waals surface area contributed by atoms with Gasteiger partial charge < -0.3 is 5.11 Å². The Hall–Kier alpha value is -1.46. The van der Waals surface area contributed by atoms with E-state index in [0.29, 0.717) is 6.20 Å². The molecule has 6 heteroatoms. The molecular weight excluding hydrogens is 187 g/mol. The molecule has 0 fully saturated rings. The molecule has 0 aromatic rings. The van der Waals surface area contributed by atoms with Gasteiger partial charge >= 0.3 is 12.3 Å². The smallest absolute Gasteiger partial charge is 0.478 e. The van der Waals surface area contributed by atoms with Gasteiger partial charge in [0.05, 0.1) is 5.57 Å². The molecule has 0 radical (unpaired) electrons. The molecule has 0 unspecified atom stereocenters. The van der Waals surface area contributed by atoms with Crippen molar-refractivity contribution in [2.24, 2.45) is 0 Å². The molecule has 1 heterocycles. The molecule has 3 nitrogen and oxygen atoms in total. The second-order valence-electron chi connectivity index (χ2n) is 2.42. The van der Waals surface area contributed by atoms with Crippen LogP contribution in [0.1, 0.15) is 6.42 Å². The summed E-state index contributed by atoms with van der Waals surface area (Å²) in [6, 6.07) is 0. The second-order valence-corrected chi connectivity index (χ2v) is 2.42. The third-order valence-corrected chi connectivity index (χ3v) is 1.47. The van der Waals surface area contributed by atoms with Gasteiger partial charge in [-0.1, -0.05) is 6.08 Å². The standard InChI is InChI=1S/C7H6F3NO2/c8-7(9,10)11-3-1-2-5(4-11)6(12)13/h1,3-4H,2H2,(H,12,13). The minimum Gasteiger partial charge on any atom is -0.478 e. The Labute approximate surface area is 71.8 Å². The lowest BCUT2D eigenvalue weighted by molar-refractivity contribution is -0.211. The molecule has 0 aromatic carbocycles. The number of halogens is 3. The summed E-state index contributed by atoms with van der Waals surface area (Å²) >= 11 is 0. The zero-order chi connectivity index (χ0) is 10.1. The van der Waals surface area contributed by atoms with E-state index in [1.807, 2.05) is 0 Å². The number of carbonyl (C=O) groups is 1. The number of carboxylic acid groups (broad SMARTS) is 1. The number of allylic oxidation sites excluding steroid dienone is 1. The molecule has 0 bridgehead atoms. The van der Waals surface area contributed by atoms with Gasteiger partial charge in [0.2, 0.25) is 0 Å². The fraction of sp³-hybridized carbons (Fsp3) is 0.286. The van der Waals surface area contributed by atoms with E-state index in [-0.39, 0.29) is 16.9 Å². The van der Waals surface area contributed by atoms with E-state index in [2.05, 4.69) is 0 Å². The van der Waals surface area contributed by atoms with Crippen molar-refractivity contribution in [3.05, 3.63) is 24.0 Å². The first kappa shape index (κ1) is 9.63. The minimum atomic E-state index is -4.56. The fourth-order valence-electron chi connectivity index (χ4n) is 0.857. The summed E-state index contributed by atoms with van der Waals surface area (Å²) in [6.45, 7) is 0. The Morgan fingerprint density at radius 2 is 2.15 bits per heavy atom. The van der Waals surface area contributed by atoms with Crippen molar-refractivity contribution >= 4 is 5.97 Å². The van der Waals surface area contributed by atoms with Crippen LogP contribution in [0.2, 0.25) is 0 Å². The second kappa shape index (κ2) is 3.12. The highest BCUT2D eigenvalue weighted by Gasteiger charge is 2.35. The Kier molecular flexibility index (Phi) is 2.31. The van der Waals surface area contributed by atoms with Gasteiger partial charge in [0.1, 0.15) is 0 Å². The lowest BCUT2D eigenvalue weighted by Crippen LogP contribution is -2.30. The Morgan fingerprint density at radius 3 is 2.62 bits per heavy atom. The Bertz CT molecular complexity index is 280. The molecule has 13 heavy (non-hydrogen) atoms. The van der Waals surface area contributed by atoms with Gasteiger partial charge in [-0.05, 0) is 0 Å². The summed E-state index contributed by atoms with van der Waals surface area (Å²) < 4.78 is 36.0. The maximum absolute atomic E-state index is 12.0. The van der Waals surface area contributed by atoms with Crippen LogP contribution in [0, 0.1) is 0 Å². The predicted molar refractivity (Wildman–Crippen MR) is 37.4 cm³/mol. The summed E-state index contributed by atoms with van der Waals surface area (Å²) in [7, 11) is 0. The highest BCUT2D eigenvalue weighted by Crippen LogP contribution is 2.26. The zero-order valence-electron chi connectivity index (χ0n) is 6.38. The minimum absolute atomic E-state index is 0.0158. The van der Waals surface area contributed by atoms with Crippen molar-refractivity contribution in [3.8, 4) is 0 Å². The molecule has 1 aliphatic rings. The van der Waals surface area contributed by atoms with Crippen molar-refractivity contribution < 1.29 is 23.1 Å². The molecule has 72 valence electrons. The van der Waals surface area contributed by atoms with Crippen LogP contribution in [0.4, 0.5) is 13.2 Å². The first-order chi connectivity index (χ1) is 5.91. The molecule has 1 rings (SSSR count). The average Bonchev–Trinajstić information content (AvgIpc) is 2.03. The van der Waals surface area contributed by atoms with Crippen LogP contribution in [0.25, 0.3) is 0 Å². The van der Waals surface area contributed by atoms with Crippen molar-refractivity contribution in [2.45, 2.75) is 12.7 Å². The molecule has 0 saturated carbocycles. The number of nitrogens with zero attached hydrogens (tertiary/aromatic N) is 1. The van der Waals surface area contributed by atoms with Gasteiger partial charge in [-0.2, -0.15) is 0 Å². The summed E-state index contributed by atoms with van der Waals surface area (Å²) in [4.78, 5) is 10.2. The number of alkyl halides is 3. The van der Waals surface area contributed by atoms with E-state index in [4.69, 9.17) is 5.11 Å². The number of rotatable bonds is 1. The van der Waals surface area contributed by atoms with E-state index in [1.165, 1.54) is 0 Å². The highest BCUT2D eigenvalue weighted by atomic mass is 19.4. The number of aliphatic carboxylic acids is 1. The van der Waals surface area contributed by atoms with Gasteiger partial charge in [-0.15, -0.1) is 13.2 Å². The van der Waals surface area contributed by atoms with Crippen LogP contribution in [0.15, 0.2) is 24.0 Å². The SMILES string of the molecule is O=C(O)C1=CN(C(F)(F)F)C=CC1. The zero-order valence-corrected chi connectivity index (χ0v) is 6.38. The first-order valence-corrected chi connectivity index (χ1v) is 3.37. The number of hydrogen-bond acceptors (Lipinski definition) is 2. The van der Waals surface area contributed by atoms with Gasteiger partial charge in [-0.3, -0.25) is 4.90 Å². The molecule has 0 aliphatic carbocycles. The maximum atomic E-state index is 12.0. The van der Waals surface area contributed by atoms with Crippen LogP contribution >= 0.6 is 0 Å². The Morgan fingerprint density at radius 1 is 1.54 bits per heavy atom. The molecular formula is C7H6F3NO2. The van der Waals surface area contributed by atoms with Gasteiger partial charge in [-0.25, -0.2) is 4.79 Å². The van der Waals surface area contributed by atoms with Crippen LogP contribution in [0.5, 0.6) is 0 Å². The molecule has 1 N–H and O–H groups in total. The van der Waals surface area contributed by atoms with Gasteiger partial charge in [0, 0.05) is 18.8 Å². The third kappa shape index (κ3) is 2.24. The summed E-state index contributed by atoms with van der Waals surface area (Å²) in [5.41, 5.74) is -0.278. The summed E-state index contributed by atoms with van der Waals surface area (Å²) in [6.07, 6.45) is -2.02. The van der Waals surface area contributed by atoms with Crippen molar-refractivity contribution in [1.29, 1.82) is 0 Å². The van der Waals surface area contributed by atoms with E-state index < -0.39 is 12.3 Å². The molecule has 0 amide bonds. The molecule has 0 saturated heterocycles. The molecule has 0 spiro atoms. The Balaban J connectivity index is 2.85. The fourth-order valence-corrected chi connectivity index (χ4v) is 0.857. The average molecular weight is 193 g/mol. The maximum Gasteiger partial charge on any atom is 0.488 e. The molecule has 0 atom stereocenters. The van der Waals surface area contributed by atoms with E-state index in [9.17, 15) is 18.0 Å². The summed E-state index contributed by atoms with van der Waals surface area (Å²) in [5.74, 6) is -1.33. The van der Waals surface area contributed by atoms with Crippen molar-refractivity contribution in [3.63, 3.8) is 0 Å².